The molecular formula is C18H21F2N11O10P2S2. The fourth-order valence-electron chi connectivity index (χ4n) is 4.76. The van der Waals surface area contributed by atoms with E-state index in [2.05, 4.69) is 65.1 Å². The Hall–Kier alpha value is -2.86. The van der Waals surface area contributed by atoms with Crippen molar-refractivity contribution in [3.8, 4) is 0 Å². The molecule has 4 aromatic heterocycles. The Morgan fingerprint density at radius 3 is 2.42 bits per heavy atom. The Labute approximate surface area is 257 Å². The number of rotatable bonds is 10. The van der Waals surface area contributed by atoms with Gasteiger partial charge in [0.15, 0.2) is 47.1 Å². The Bertz CT molecular complexity index is 1930. The maximum atomic E-state index is 15.6. The fraction of sp³-hybridized carbons (Fsp3) is 0.556. The molecule has 10 atom stereocenters. The largest absolute Gasteiger partial charge is 0.394 e. The van der Waals surface area contributed by atoms with Gasteiger partial charge < -0.3 is 29.8 Å². The molecule has 0 saturated carbocycles. The summed E-state index contributed by atoms with van der Waals surface area (Å²) in [5.41, 5.74) is 3.28. The summed E-state index contributed by atoms with van der Waals surface area (Å²) in [6.45, 7) is -6.24. The second-order valence-corrected chi connectivity index (χ2v) is 14.2. The molecule has 0 amide bonds. The minimum Gasteiger partial charge on any atom is -0.394 e. The van der Waals surface area contributed by atoms with Crippen molar-refractivity contribution in [3.05, 3.63) is 27.0 Å². The van der Waals surface area contributed by atoms with Crippen LogP contribution in [-0.2, 0) is 32.2 Å². The van der Waals surface area contributed by atoms with Gasteiger partial charge in [0.05, 0.1) is 19.5 Å². The highest BCUT2D eigenvalue weighted by atomic mass is 32.7. The number of anilines is 1. The molecule has 2 aliphatic heterocycles. The van der Waals surface area contributed by atoms with Crippen LogP contribution in [0.3, 0.4) is 0 Å². The van der Waals surface area contributed by atoms with Gasteiger partial charge in [0.2, 0.25) is 13.2 Å². The predicted octanol–water partition coefficient (Wildman–Crippen LogP) is -0.767. The highest BCUT2D eigenvalue weighted by Crippen LogP contribution is 2.57. The van der Waals surface area contributed by atoms with Crippen molar-refractivity contribution in [3.63, 3.8) is 0 Å². The smallest absolute Gasteiger partial charge is 0.386 e. The van der Waals surface area contributed by atoms with Crippen molar-refractivity contribution >= 4 is 66.8 Å². The molecule has 0 bridgehead atoms. The average molecular weight is 716 g/mol. The van der Waals surface area contributed by atoms with Crippen LogP contribution in [0.25, 0.3) is 22.3 Å². The molecule has 244 valence electrons. The predicted molar refractivity (Wildman–Crippen MR) is 151 cm³/mol. The number of thiol groups is 2. The van der Waals surface area contributed by atoms with E-state index < -0.39 is 87.6 Å². The van der Waals surface area contributed by atoms with E-state index in [9.17, 15) is 23.8 Å². The molecule has 2 fully saturated rings. The maximum Gasteiger partial charge on any atom is 0.386 e. The van der Waals surface area contributed by atoms with Crippen LogP contribution in [0.5, 0.6) is 0 Å². The highest BCUT2D eigenvalue weighted by molar-refractivity contribution is 8.44. The third-order valence-corrected chi connectivity index (χ3v) is 9.11. The summed E-state index contributed by atoms with van der Waals surface area (Å²) < 4.78 is 84.8. The number of hydrogen-bond donors (Lipinski definition) is 6. The van der Waals surface area contributed by atoms with E-state index >= 15 is 8.78 Å². The number of aliphatic hydroxyl groups is 1. The van der Waals surface area contributed by atoms with Crippen LogP contribution < -0.4 is 16.9 Å². The first kappa shape index (κ1) is 32.1. The maximum absolute atomic E-state index is 15.6. The van der Waals surface area contributed by atoms with Crippen molar-refractivity contribution in [1.82, 2.24) is 49.9 Å². The molecule has 6 rings (SSSR count). The Balaban J connectivity index is 1.23. The number of nitrogen functional groups attached to an aromatic ring is 1. The third kappa shape index (κ3) is 6.04. The van der Waals surface area contributed by atoms with Gasteiger partial charge in [-0.1, -0.05) is 34.9 Å². The zero-order valence-corrected chi connectivity index (χ0v) is 25.7. The van der Waals surface area contributed by atoms with Crippen LogP contribution in [0.4, 0.5) is 14.7 Å². The van der Waals surface area contributed by atoms with Crippen LogP contribution in [0, 0.1) is 0 Å². The minimum absolute atomic E-state index is 0.146. The second kappa shape index (κ2) is 12.4. The van der Waals surface area contributed by atoms with Crippen LogP contribution in [0.2, 0.25) is 0 Å². The summed E-state index contributed by atoms with van der Waals surface area (Å²) in [7, 11) is -3.08. The van der Waals surface area contributed by atoms with Crippen LogP contribution in [0.1, 0.15) is 12.5 Å². The van der Waals surface area contributed by atoms with Crippen molar-refractivity contribution in [2.24, 2.45) is 0 Å². The minimum atomic E-state index is -4.61. The summed E-state index contributed by atoms with van der Waals surface area (Å²) in [5.74, 6) is -0.326. The lowest BCUT2D eigenvalue weighted by Crippen LogP contribution is -2.34. The van der Waals surface area contributed by atoms with E-state index in [0.29, 0.717) is 0 Å². The van der Waals surface area contributed by atoms with Gasteiger partial charge in [0, 0.05) is 0 Å². The van der Waals surface area contributed by atoms with Crippen molar-refractivity contribution in [2.45, 2.75) is 49.2 Å². The monoisotopic (exact) mass is 715 g/mol. The molecule has 2 saturated heterocycles. The van der Waals surface area contributed by atoms with Crippen LogP contribution >= 0.6 is 38.5 Å². The number of fused-ring (bicyclic) bond motifs is 2. The Morgan fingerprint density at radius 1 is 1.07 bits per heavy atom. The van der Waals surface area contributed by atoms with Gasteiger partial charge >= 0.3 is 6.80 Å². The number of nitrogens with zero attached hydrogens (tertiary/aromatic N) is 8. The summed E-state index contributed by atoms with van der Waals surface area (Å²) in [4.78, 5) is 36.5. The number of nitrogens with two attached hydrogens (primary N) is 1. The summed E-state index contributed by atoms with van der Waals surface area (Å²) in [6, 6.07) is 0. The first-order valence-corrected chi connectivity index (χ1v) is 17.8. The standard InChI is InChI=1S/C18H21F2N11O10P2S2/c19-6-4(1-32)38-17(31-13-9(27-29-31)15(34)25-18(21)24-13)11(6)41-43(36,45)37-2-5-10(40-42(35)44)7(20)16(39-5)30-12-8(26-28-30)14(33)23-3-22-12/h3-7,10-11,16-17,32,42H,1-2H2,(H,35,44)(H,36,45)(H,22,23,33)(H3,21,24,25,34)/t4-,5-,6-,7+,10-,11-,16-,17-,43?/m1/s1. The van der Waals surface area contributed by atoms with E-state index in [0.717, 1.165) is 15.7 Å². The zero-order chi connectivity index (χ0) is 32.2. The molecule has 27 heteroatoms. The Morgan fingerprint density at radius 2 is 1.73 bits per heavy atom. The van der Waals surface area contributed by atoms with Gasteiger partial charge in [-0.15, -0.1) is 10.2 Å². The number of H-pyrrole nitrogens is 2. The first-order chi connectivity index (χ1) is 21.4. The quantitative estimate of drug-likeness (QED) is 0.0868. The topological polar surface area (TPSA) is 279 Å². The average Bonchev–Trinajstić information content (AvgIpc) is 3.73. The van der Waals surface area contributed by atoms with Gasteiger partial charge in [0.1, 0.15) is 24.4 Å². The van der Waals surface area contributed by atoms with Gasteiger partial charge in [-0.25, -0.2) is 18.3 Å². The van der Waals surface area contributed by atoms with Crippen LogP contribution in [0.15, 0.2) is 15.9 Å². The number of hydrogen-bond acceptors (Lipinski definition) is 17. The van der Waals surface area contributed by atoms with Crippen molar-refractivity contribution in [1.29, 1.82) is 0 Å². The molecule has 45 heavy (non-hydrogen) atoms. The summed E-state index contributed by atoms with van der Waals surface area (Å²) in [6.07, 6.45) is -12.9. The molecule has 6 heterocycles. The first-order valence-electron chi connectivity index (χ1n) is 12.5. The number of ether oxygens (including phenoxy) is 2. The lowest BCUT2D eigenvalue weighted by atomic mass is 10.1. The molecule has 5 N–H and O–H groups in total. The second-order valence-electron chi connectivity index (χ2n) is 9.48. The molecule has 0 aromatic carbocycles. The van der Waals surface area contributed by atoms with Gasteiger partial charge in [-0.3, -0.25) is 28.2 Å². The van der Waals surface area contributed by atoms with E-state index in [4.69, 9.17) is 28.8 Å². The normalized spacial score (nSPS) is 30.7. The molecule has 21 nitrogen and oxygen atoms in total. The Kier molecular flexibility index (Phi) is 8.84. The SMILES string of the molecule is Nc1nc2c(nnn2[C@@H]2O[C@H](CO)[C@@H](F)[C@H]2OP(=O)(S)OC[C@H]2O[C@@H](n3nnc4c(=O)[nH]cnc43)[C@@H](F)[C@@H]2O[PH](=O)S)c(=O)[nH]1. The molecule has 0 spiro atoms. The molecule has 2 aliphatic rings. The summed E-state index contributed by atoms with van der Waals surface area (Å²) in [5, 5.41) is 24.4. The van der Waals surface area contributed by atoms with Crippen LogP contribution in [-0.4, -0.2) is 105 Å². The van der Waals surface area contributed by atoms with Crippen molar-refractivity contribution < 1.29 is 46.1 Å². The summed E-state index contributed by atoms with van der Waals surface area (Å²) >= 11 is 7.59. The molecular weight excluding hydrogens is 694 g/mol. The van der Waals surface area contributed by atoms with E-state index in [1.807, 2.05) is 0 Å². The molecule has 4 aromatic rings. The number of alkyl halides is 2. The van der Waals surface area contributed by atoms with Crippen molar-refractivity contribution in [2.75, 3.05) is 18.9 Å². The number of aromatic nitrogens is 10. The zero-order valence-electron chi connectivity index (χ0n) is 22.0. The number of aromatic amines is 2. The number of halogens is 2. The van der Waals surface area contributed by atoms with Gasteiger partial charge in [0.25, 0.3) is 11.1 Å². The third-order valence-electron chi connectivity index (χ3n) is 6.71. The van der Waals surface area contributed by atoms with E-state index in [-0.39, 0.29) is 28.3 Å². The lowest BCUT2D eigenvalue weighted by Gasteiger charge is -2.24. The molecule has 0 radical (unpaired) electrons. The molecule has 0 aliphatic carbocycles. The lowest BCUT2D eigenvalue weighted by molar-refractivity contribution is -0.0580. The highest BCUT2D eigenvalue weighted by Gasteiger charge is 2.52. The van der Waals surface area contributed by atoms with Gasteiger partial charge in [-0.2, -0.15) is 14.3 Å². The number of aliphatic hydroxyl groups excluding tert-OH is 1. The van der Waals surface area contributed by atoms with E-state index in [1.54, 1.807) is 0 Å². The molecule has 2 unspecified atom stereocenters. The number of nitrogens with one attached hydrogen (secondary N) is 2. The van der Waals surface area contributed by atoms with E-state index in [1.165, 1.54) is 0 Å². The van der Waals surface area contributed by atoms with Gasteiger partial charge in [-0.05, 0) is 0 Å². The fourth-order valence-corrected chi connectivity index (χ4v) is 7.09.